The molecule has 3 rings (SSSR count). The molecule has 2 aliphatic rings. The Morgan fingerprint density at radius 1 is 1.20 bits per heavy atom. The molecule has 1 aromatic carbocycles. The number of para-hydroxylation sites is 1. The molecule has 0 spiro atoms. The summed E-state index contributed by atoms with van der Waals surface area (Å²) < 4.78 is 0. The predicted molar refractivity (Wildman–Crippen MR) is 81.1 cm³/mol. The number of nitrogens with zero attached hydrogens (tertiary/aromatic N) is 1. The standard InChI is InChI=1S/C16H23N3O/c1-16(2)11-19(12-7-9-17-10-8-12)15(20)18-14-6-4-3-5-13(14)16/h3-6,12,17H,7-11H2,1-2H3,(H,18,20). The quantitative estimate of drug-likeness (QED) is 0.826. The van der Waals surface area contributed by atoms with Gasteiger partial charge >= 0.3 is 6.03 Å². The molecular weight excluding hydrogens is 250 g/mol. The van der Waals surface area contributed by atoms with E-state index < -0.39 is 0 Å². The normalized spacial score (nSPS) is 22.9. The molecule has 4 heteroatoms. The van der Waals surface area contributed by atoms with Gasteiger partial charge in [0.2, 0.25) is 0 Å². The van der Waals surface area contributed by atoms with Crippen LogP contribution in [-0.2, 0) is 5.41 Å². The van der Waals surface area contributed by atoms with E-state index in [0.717, 1.165) is 38.2 Å². The second kappa shape index (κ2) is 5.09. The number of anilines is 1. The van der Waals surface area contributed by atoms with E-state index in [2.05, 4.69) is 30.5 Å². The van der Waals surface area contributed by atoms with E-state index in [-0.39, 0.29) is 11.4 Å². The second-order valence-electron chi connectivity index (χ2n) is 6.47. The number of hydrogen-bond donors (Lipinski definition) is 2. The van der Waals surface area contributed by atoms with Crippen molar-refractivity contribution in [3.8, 4) is 0 Å². The fourth-order valence-corrected chi connectivity index (χ4v) is 3.37. The zero-order valence-corrected chi connectivity index (χ0v) is 12.3. The summed E-state index contributed by atoms with van der Waals surface area (Å²) in [6, 6.07) is 8.56. The lowest BCUT2D eigenvalue weighted by Gasteiger charge is -2.37. The zero-order chi connectivity index (χ0) is 14.2. The van der Waals surface area contributed by atoms with Crippen LogP contribution in [0.3, 0.4) is 0 Å². The van der Waals surface area contributed by atoms with Gasteiger partial charge in [-0.3, -0.25) is 0 Å². The Labute approximate surface area is 120 Å². The van der Waals surface area contributed by atoms with Gasteiger partial charge in [0.15, 0.2) is 0 Å². The SMILES string of the molecule is CC1(C)CN(C2CCNCC2)C(=O)Nc2ccccc21. The zero-order valence-electron chi connectivity index (χ0n) is 12.3. The molecule has 1 saturated heterocycles. The van der Waals surface area contributed by atoms with Crippen LogP contribution in [0.25, 0.3) is 0 Å². The highest BCUT2D eigenvalue weighted by atomic mass is 16.2. The van der Waals surface area contributed by atoms with E-state index in [4.69, 9.17) is 0 Å². The number of benzene rings is 1. The first kappa shape index (κ1) is 13.4. The van der Waals surface area contributed by atoms with Gasteiger partial charge in [-0.2, -0.15) is 0 Å². The van der Waals surface area contributed by atoms with Crippen LogP contribution < -0.4 is 10.6 Å². The molecule has 0 radical (unpaired) electrons. The smallest absolute Gasteiger partial charge is 0.321 e. The first-order chi connectivity index (χ1) is 9.58. The summed E-state index contributed by atoms with van der Waals surface area (Å²) in [6.07, 6.45) is 2.08. The first-order valence-electron chi connectivity index (χ1n) is 7.46. The summed E-state index contributed by atoms with van der Waals surface area (Å²) in [5.41, 5.74) is 2.16. The van der Waals surface area contributed by atoms with Crippen LogP contribution in [-0.4, -0.2) is 36.6 Å². The van der Waals surface area contributed by atoms with Crippen molar-refractivity contribution in [3.63, 3.8) is 0 Å². The number of carbonyl (C=O) groups is 1. The summed E-state index contributed by atoms with van der Waals surface area (Å²) in [5.74, 6) is 0. The maximum atomic E-state index is 12.6. The van der Waals surface area contributed by atoms with Crippen LogP contribution in [0.2, 0.25) is 0 Å². The molecule has 0 unspecified atom stereocenters. The summed E-state index contributed by atoms with van der Waals surface area (Å²) in [5, 5.41) is 6.46. The van der Waals surface area contributed by atoms with E-state index >= 15 is 0 Å². The Balaban J connectivity index is 1.92. The minimum Gasteiger partial charge on any atom is -0.321 e. The molecule has 1 aromatic rings. The highest BCUT2D eigenvalue weighted by molar-refractivity contribution is 5.91. The maximum Gasteiger partial charge on any atom is 0.322 e. The van der Waals surface area contributed by atoms with E-state index in [1.165, 1.54) is 5.56 Å². The third-order valence-electron chi connectivity index (χ3n) is 4.47. The average molecular weight is 273 g/mol. The molecule has 108 valence electrons. The summed E-state index contributed by atoms with van der Waals surface area (Å²) >= 11 is 0. The number of rotatable bonds is 1. The highest BCUT2D eigenvalue weighted by Gasteiger charge is 2.36. The van der Waals surface area contributed by atoms with Crippen LogP contribution in [0.5, 0.6) is 0 Å². The van der Waals surface area contributed by atoms with Gasteiger partial charge in [-0.25, -0.2) is 4.79 Å². The fraction of sp³-hybridized carbons (Fsp3) is 0.562. The lowest BCUT2D eigenvalue weighted by molar-refractivity contribution is 0.156. The van der Waals surface area contributed by atoms with Gasteiger partial charge in [0.05, 0.1) is 0 Å². The fourth-order valence-electron chi connectivity index (χ4n) is 3.37. The Hall–Kier alpha value is -1.55. The maximum absolute atomic E-state index is 12.6. The number of hydrogen-bond acceptors (Lipinski definition) is 2. The summed E-state index contributed by atoms with van der Waals surface area (Å²) in [6.45, 7) is 7.23. The molecule has 20 heavy (non-hydrogen) atoms. The van der Waals surface area contributed by atoms with E-state index in [1.807, 2.05) is 23.1 Å². The third kappa shape index (κ3) is 2.40. The van der Waals surface area contributed by atoms with Gasteiger partial charge < -0.3 is 15.5 Å². The Morgan fingerprint density at radius 2 is 1.90 bits per heavy atom. The molecule has 4 nitrogen and oxygen atoms in total. The molecular formula is C16H23N3O. The van der Waals surface area contributed by atoms with Gasteiger partial charge in [-0.15, -0.1) is 0 Å². The average Bonchev–Trinajstić information content (AvgIpc) is 2.55. The van der Waals surface area contributed by atoms with Crippen molar-refractivity contribution in [1.82, 2.24) is 10.2 Å². The van der Waals surface area contributed by atoms with Gasteiger partial charge in [-0.1, -0.05) is 32.0 Å². The molecule has 2 amide bonds. The number of fused-ring (bicyclic) bond motifs is 1. The minimum absolute atomic E-state index is 0.0272. The first-order valence-corrected chi connectivity index (χ1v) is 7.46. The minimum atomic E-state index is -0.0272. The van der Waals surface area contributed by atoms with Crippen LogP contribution in [0, 0.1) is 0 Å². The molecule has 1 fully saturated rings. The van der Waals surface area contributed by atoms with Crippen molar-refractivity contribution < 1.29 is 4.79 Å². The van der Waals surface area contributed by atoms with Crippen LogP contribution in [0.15, 0.2) is 24.3 Å². The molecule has 0 bridgehead atoms. The van der Waals surface area contributed by atoms with E-state index in [1.54, 1.807) is 0 Å². The molecule has 0 atom stereocenters. The number of nitrogens with one attached hydrogen (secondary N) is 2. The van der Waals surface area contributed by atoms with Crippen molar-refractivity contribution in [2.45, 2.75) is 38.1 Å². The monoisotopic (exact) mass is 273 g/mol. The van der Waals surface area contributed by atoms with Gasteiger partial charge in [0.25, 0.3) is 0 Å². The molecule has 0 aromatic heterocycles. The number of carbonyl (C=O) groups excluding carboxylic acids is 1. The summed E-state index contributed by atoms with van der Waals surface area (Å²) in [4.78, 5) is 14.6. The number of piperidine rings is 1. The second-order valence-corrected chi connectivity index (χ2v) is 6.47. The Morgan fingerprint density at radius 3 is 2.65 bits per heavy atom. The molecule has 2 N–H and O–H groups in total. The van der Waals surface area contributed by atoms with E-state index in [0.29, 0.717) is 6.04 Å². The highest BCUT2D eigenvalue weighted by Crippen LogP contribution is 2.34. The molecule has 0 saturated carbocycles. The van der Waals surface area contributed by atoms with Crippen molar-refractivity contribution >= 4 is 11.7 Å². The van der Waals surface area contributed by atoms with Crippen molar-refractivity contribution in [3.05, 3.63) is 29.8 Å². The van der Waals surface area contributed by atoms with E-state index in [9.17, 15) is 4.79 Å². The Kier molecular flexibility index (Phi) is 3.42. The number of amides is 2. The van der Waals surface area contributed by atoms with Crippen LogP contribution in [0.4, 0.5) is 10.5 Å². The van der Waals surface area contributed by atoms with Gasteiger partial charge in [-0.05, 0) is 37.6 Å². The number of urea groups is 1. The van der Waals surface area contributed by atoms with Crippen molar-refractivity contribution in [2.24, 2.45) is 0 Å². The lowest BCUT2D eigenvalue weighted by atomic mass is 9.83. The summed E-state index contributed by atoms with van der Waals surface area (Å²) in [7, 11) is 0. The Bertz CT molecular complexity index is 506. The molecule has 0 aliphatic carbocycles. The third-order valence-corrected chi connectivity index (χ3v) is 4.47. The lowest BCUT2D eigenvalue weighted by Crippen LogP contribution is -2.50. The van der Waals surface area contributed by atoms with Crippen LogP contribution >= 0.6 is 0 Å². The van der Waals surface area contributed by atoms with Crippen molar-refractivity contribution in [1.29, 1.82) is 0 Å². The van der Waals surface area contributed by atoms with Gasteiger partial charge in [0.1, 0.15) is 0 Å². The molecule has 2 heterocycles. The van der Waals surface area contributed by atoms with Crippen LogP contribution in [0.1, 0.15) is 32.3 Å². The largest absolute Gasteiger partial charge is 0.322 e. The topological polar surface area (TPSA) is 44.4 Å². The molecule has 2 aliphatic heterocycles. The van der Waals surface area contributed by atoms with Gasteiger partial charge in [0, 0.05) is 23.7 Å². The van der Waals surface area contributed by atoms with Crippen molar-refractivity contribution in [2.75, 3.05) is 25.0 Å². The predicted octanol–water partition coefficient (Wildman–Crippen LogP) is 2.56.